The summed E-state index contributed by atoms with van der Waals surface area (Å²) in [5.74, 6) is 0.986. The van der Waals surface area contributed by atoms with Crippen LogP contribution in [0.5, 0.6) is 0 Å². The molecule has 0 aromatic heterocycles. The SMILES string of the molecule is CCN(CCC(C)(C)C(N)=NO)CC(C)C. The van der Waals surface area contributed by atoms with Gasteiger partial charge in [-0.2, -0.15) is 0 Å². The summed E-state index contributed by atoms with van der Waals surface area (Å²) in [7, 11) is 0. The van der Waals surface area contributed by atoms with Crippen LogP contribution in [-0.4, -0.2) is 35.6 Å². The molecule has 4 nitrogen and oxygen atoms in total. The Balaban J connectivity index is 4.20. The van der Waals surface area contributed by atoms with Gasteiger partial charge in [-0.1, -0.05) is 39.8 Å². The van der Waals surface area contributed by atoms with Gasteiger partial charge in [0.2, 0.25) is 0 Å². The summed E-state index contributed by atoms with van der Waals surface area (Å²) in [6.45, 7) is 13.7. The molecule has 0 unspecified atom stereocenters. The third-order valence-electron chi connectivity index (χ3n) is 2.92. The van der Waals surface area contributed by atoms with Crippen LogP contribution >= 0.6 is 0 Å². The van der Waals surface area contributed by atoms with Crippen LogP contribution in [0.1, 0.15) is 41.0 Å². The van der Waals surface area contributed by atoms with Crippen LogP contribution in [0.15, 0.2) is 5.16 Å². The van der Waals surface area contributed by atoms with Crippen molar-refractivity contribution in [2.24, 2.45) is 22.2 Å². The second-order valence-corrected chi connectivity index (χ2v) is 5.41. The largest absolute Gasteiger partial charge is 0.409 e. The molecule has 0 aromatic carbocycles. The molecule has 0 aliphatic rings. The van der Waals surface area contributed by atoms with E-state index in [9.17, 15) is 0 Å². The van der Waals surface area contributed by atoms with Crippen molar-refractivity contribution in [3.05, 3.63) is 0 Å². The first-order valence-corrected chi connectivity index (χ1v) is 6.03. The summed E-state index contributed by atoms with van der Waals surface area (Å²) in [5.41, 5.74) is 5.42. The minimum Gasteiger partial charge on any atom is -0.409 e. The molecule has 3 N–H and O–H groups in total. The van der Waals surface area contributed by atoms with E-state index in [2.05, 4.69) is 30.8 Å². The normalized spacial score (nSPS) is 13.8. The zero-order valence-corrected chi connectivity index (χ0v) is 11.3. The Bertz CT molecular complexity index is 224. The maximum Gasteiger partial charge on any atom is 0.144 e. The predicted molar refractivity (Wildman–Crippen MR) is 68.8 cm³/mol. The topological polar surface area (TPSA) is 61.8 Å². The van der Waals surface area contributed by atoms with E-state index in [1.807, 2.05) is 13.8 Å². The lowest BCUT2D eigenvalue weighted by atomic mass is 9.88. The molecule has 0 saturated carbocycles. The molecular formula is C12H27N3O. The molecule has 0 rings (SSSR count). The Labute approximate surface area is 99.5 Å². The molecule has 0 bridgehead atoms. The van der Waals surface area contributed by atoms with Crippen molar-refractivity contribution >= 4 is 5.84 Å². The molecule has 0 saturated heterocycles. The van der Waals surface area contributed by atoms with E-state index in [1.54, 1.807) is 0 Å². The van der Waals surface area contributed by atoms with Crippen LogP contribution in [0.2, 0.25) is 0 Å². The van der Waals surface area contributed by atoms with Crippen LogP contribution in [0.3, 0.4) is 0 Å². The van der Waals surface area contributed by atoms with Crippen LogP contribution in [0, 0.1) is 11.3 Å². The third-order valence-corrected chi connectivity index (χ3v) is 2.92. The fourth-order valence-corrected chi connectivity index (χ4v) is 1.60. The zero-order chi connectivity index (χ0) is 12.8. The summed E-state index contributed by atoms with van der Waals surface area (Å²) in [6.07, 6.45) is 0.906. The number of oxime groups is 1. The highest BCUT2D eigenvalue weighted by Crippen LogP contribution is 2.21. The van der Waals surface area contributed by atoms with Crippen molar-refractivity contribution in [3.63, 3.8) is 0 Å². The molecule has 0 aliphatic carbocycles. The van der Waals surface area contributed by atoms with Gasteiger partial charge in [-0.3, -0.25) is 0 Å². The highest BCUT2D eigenvalue weighted by Gasteiger charge is 2.24. The monoisotopic (exact) mass is 229 g/mol. The van der Waals surface area contributed by atoms with E-state index < -0.39 is 0 Å². The Morgan fingerprint density at radius 2 is 2.00 bits per heavy atom. The van der Waals surface area contributed by atoms with E-state index in [4.69, 9.17) is 10.9 Å². The molecule has 0 fully saturated rings. The van der Waals surface area contributed by atoms with E-state index in [0.717, 1.165) is 26.1 Å². The van der Waals surface area contributed by atoms with Crippen LogP contribution in [-0.2, 0) is 0 Å². The van der Waals surface area contributed by atoms with Crippen molar-refractivity contribution in [1.82, 2.24) is 4.90 Å². The summed E-state index contributed by atoms with van der Waals surface area (Å²) >= 11 is 0. The smallest absolute Gasteiger partial charge is 0.144 e. The number of rotatable bonds is 7. The van der Waals surface area contributed by atoms with Crippen molar-refractivity contribution in [1.29, 1.82) is 0 Å². The lowest BCUT2D eigenvalue weighted by molar-refractivity contribution is 0.228. The highest BCUT2D eigenvalue weighted by molar-refractivity contribution is 5.85. The maximum atomic E-state index is 8.69. The minimum absolute atomic E-state index is 0.237. The van der Waals surface area contributed by atoms with Crippen LogP contribution in [0.25, 0.3) is 0 Å². The van der Waals surface area contributed by atoms with E-state index in [1.165, 1.54) is 0 Å². The molecule has 0 spiro atoms. The van der Waals surface area contributed by atoms with Gasteiger partial charge in [-0.15, -0.1) is 0 Å². The molecule has 0 atom stereocenters. The van der Waals surface area contributed by atoms with Crippen LogP contribution in [0.4, 0.5) is 0 Å². The quantitative estimate of drug-likeness (QED) is 0.304. The third kappa shape index (κ3) is 5.35. The average Bonchev–Trinajstić information content (AvgIpc) is 2.22. The van der Waals surface area contributed by atoms with Gasteiger partial charge in [0.25, 0.3) is 0 Å². The number of amidine groups is 1. The zero-order valence-electron chi connectivity index (χ0n) is 11.3. The molecule has 96 valence electrons. The predicted octanol–water partition coefficient (Wildman–Crippen LogP) is 2.13. The van der Waals surface area contributed by atoms with E-state index in [-0.39, 0.29) is 5.41 Å². The summed E-state index contributed by atoms with van der Waals surface area (Å²) in [6, 6.07) is 0. The van der Waals surface area contributed by atoms with Gasteiger partial charge in [0.1, 0.15) is 5.84 Å². The second kappa shape index (κ2) is 6.74. The van der Waals surface area contributed by atoms with Gasteiger partial charge in [0.05, 0.1) is 0 Å². The summed E-state index contributed by atoms with van der Waals surface area (Å²) in [4.78, 5) is 2.40. The van der Waals surface area contributed by atoms with Gasteiger partial charge in [-0.25, -0.2) is 0 Å². The van der Waals surface area contributed by atoms with Gasteiger partial charge in [0.15, 0.2) is 0 Å². The van der Waals surface area contributed by atoms with E-state index in [0.29, 0.717) is 11.8 Å². The first-order chi connectivity index (χ1) is 7.33. The first kappa shape index (κ1) is 15.2. The Hall–Kier alpha value is -0.770. The number of nitrogens with zero attached hydrogens (tertiary/aromatic N) is 2. The van der Waals surface area contributed by atoms with Crippen LogP contribution < -0.4 is 5.73 Å². The summed E-state index contributed by atoms with van der Waals surface area (Å²) in [5, 5.41) is 11.8. The Kier molecular flexibility index (Phi) is 6.41. The van der Waals surface area contributed by atoms with Gasteiger partial charge in [-0.05, 0) is 25.4 Å². The fourth-order valence-electron chi connectivity index (χ4n) is 1.60. The second-order valence-electron chi connectivity index (χ2n) is 5.41. The number of hydrogen-bond donors (Lipinski definition) is 2. The van der Waals surface area contributed by atoms with E-state index >= 15 is 0 Å². The standard InChI is InChI=1S/C12H27N3O/c1-6-15(9-10(2)3)8-7-12(4,5)11(13)14-16/h10,16H,6-9H2,1-5H3,(H2,13,14). The maximum absolute atomic E-state index is 8.69. The lowest BCUT2D eigenvalue weighted by Gasteiger charge is -2.28. The van der Waals surface area contributed by atoms with Gasteiger partial charge in [0, 0.05) is 12.0 Å². The lowest BCUT2D eigenvalue weighted by Crippen LogP contribution is -2.37. The van der Waals surface area contributed by atoms with Crippen molar-refractivity contribution in [3.8, 4) is 0 Å². The molecule has 0 heterocycles. The number of hydrogen-bond acceptors (Lipinski definition) is 3. The molecular weight excluding hydrogens is 202 g/mol. The Morgan fingerprint density at radius 1 is 1.44 bits per heavy atom. The van der Waals surface area contributed by atoms with Crippen molar-refractivity contribution in [2.45, 2.75) is 41.0 Å². The summed E-state index contributed by atoms with van der Waals surface area (Å²) < 4.78 is 0. The minimum atomic E-state index is -0.237. The van der Waals surface area contributed by atoms with Gasteiger partial charge < -0.3 is 15.8 Å². The average molecular weight is 229 g/mol. The molecule has 0 aromatic rings. The van der Waals surface area contributed by atoms with Gasteiger partial charge >= 0.3 is 0 Å². The molecule has 16 heavy (non-hydrogen) atoms. The highest BCUT2D eigenvalue weighted by atomic mass is 16.4. The Morgan fingerprint density at radius 3 is 2.38 bits per heavy atom. The first-order valence-electron chi connectivity index (χ1n) is 6.03. The molecule has 0 amide bonds. The van der Waals surface area contributed by atoms with Crippen molar-refractivity contribution < 1.29 is 5.21 Å². The molecule has 4 heteroatoms. The molecule has 0 aliphatic heterocycles. The number of nitrogens with two attached hydrogens (primary N) is 1. The fraction of sp³-hybridized carbons (Fsp3) is 0.917. The molecule has 0 radical (unpaired) electrons. The van der Waals surface area contributed by atoms with Crippen molar-refractivity contribution in [2.75, 3.05) is 19.6 Å².